The molecule has 0 aromatic heterocycles. The van der Waals surface area contributed by atoms with Gasteiger partial charge in [-0.25, -0.2) is 0 Å². The number of aryl methyl sites for hydroxylation is 1. The van der Waals surface area contributed by atoms with Gasteiger partial charge in [-0.05, 0) is 24.6 Å². The number of hydrogen-bond acceptors (Lipinski definition) is 5. The van der Waals surface area contributed by atoms with E-state index in [1.807, 2.05) is 41.0 Å². The molecule has 0 spiro atoms. The number of carbonyl (C=O) groups excluding carboxylic acids is 1. The van der Waals surface area contributed by atoms with Crippen molar-refractivity contribution >= 4 is 29.0 Å². The van der Waals surface area contributed by atoms with Crippen LogP contribution in [0.2, 0.25) is 0 Å². The van der Waals surface area contributed by atoms with Crippen molar-refractivity contribution in [1.29, 1.82) is 0 Å². The highest BCUT2D eigenvalue weighted by Gasteiger charge is 2.25. The molecule has 6 nitrogen and oxygen atoms in total. The monoisotopic (exact) mass is 371 g/mol. The first-order valence-electron chi connectivity index (χ1n) is 8.51. The molecule has 7 heteroatoms. The molecule has 3 rings (SSSR count). The number of amides is 1. The largest absolute Gasteiger partial charge is 0.362 e. The molecule has 26 heavy (non-hydrogen) atoms. The number of nitro groups is 1. The Kier molecular flexibility index (Phi) is 5.78. The van der Waals surface area contributed by atoms with Crippen molar-refractivity contribution in [2.75, 3.05) is 36.8 Å². The van der Waals surface area contributed by atoms with E-state index >= 15 is 0 Å². The van der Waals surface area contributed by atoms with E-state index in [2.05, 4.69) is 0 Å². The molecule has 0 radical (unpaired) electrons. The second-order valence-electron chi connectivity index (χ2n) is 6.17. The maximum absolute atomic E-state index is 12.5. The number of hydrogen-bond donors (Lipinski definition) is 0. The van der Waals surface area contributed by atoms with Gasteiger partial charge in [-0.3, -0.25) is 14.9 Å². The summed E-state index contributed by atoms with van der Waals surface area (Å²) in [7, 11) is 0. The topological polar surface area (TPSA) is 66.7 Å². The van der Waals surface area contributed by atoms with Gasteiger partial charge in [0, 0.05) is 37.1 Å². The molecule has 0 aliphatic carbocycles. The lowest BCUT2D eigenvalue weighted by atomic mass is 10.2. The second kappa shape index (κ2) is 8.23. The lowest BCUT2D eigenvalue weighted by molar-refractivity contribution is -0.384. The van der Waals surface area contributed by atoms with Crippen LogP contribution in [-0.4, -0.2) is 47.7 Å². The van der Waals surface area contributed by atoms with Crippen LogP contribution in [-0.2, 0) is 4.79 Å². The molecule has 2 aromatic rings. The lowest BCUT2D eigenvalue weighted by Gasteiger charge is -2.35. The minimum atomic E-state index is -0.355. The predicted octanol–water partition coefficient (Wildman–Crippen LogP) is 3.34. The molecule has 1 amide bonds. The zero-order chi connectivity index (χ0) is 18.5. The zero-order valence-electron chi connectivity index (χ0n) is 14.6. The Bertz CT molecular complexity index is 804. The average molecular weight is 371 g/mol. The van der Waals surface area contributed by atoms with Crippen LogP contribution in [0.4, 0.5) is 11.4 Å². The van der Waals surface area contributed by atoms with Gasteiger partial charge in [0.25, 0.3) is 5.69 Å². The van der Waals surface area contributed by atoms with Crippen molar-refractivity contribution in [3.05, 3.63) is 64.2 Å². The Labute approximate surface area is 156 Å². The van der Waals surface area contributed by atoms with Crippen molar-refractivity contribution < 1.29 is 9.72 Å². The van der Waals surface area contributed by atoms with Gasteiger partial charge in [0.1, 0.15) is 5.69 Å². The summed E-state index contributed by atoms with van der Waals surface area (Å²) in [6.07, 6.45) is 0. The van der Waals surface area contributed by atoms with Crippen molar-refractivity contribution in [3.63, 3.8) is 0 Å². The van der Waals surface area contributed by atoms with Crippen LogP contribution in [0, 0.1) is 17.0 Å². The summed E-state index contributed by atoms with van der Waals surface area (Å²) in [5.41, 5.74) is 1.91. The first kappa shape index (κ1) is 18.3. The Morgan fingerprint density at radius 2 is 1.73 bits per heavy atom. The van der Waals surface area contributed by atoms with E-state index in [-0.39, 0.29) is 16.5 Å². The fourth-order valence-electron chi connectivity index (χ4n) is 3.03. The fourth-order valence-corrected chi connectivity index (χ4v) is 3.96. The first-order valence-corrected chi connectivity index (χ1v) is 9.49. The standard InChI is InChI=1S/C19H21N3O3S/c1-15-6-2-5-9-18(15)26-14-19(23)21-12-10-20(11-13-21)16-7-3-4-8-17(16)22(24)25/h2-9H,10-14H2,1H3. The highest BCUT2D eigenvalue weighted by molar-refractivity contribution is 8.00. The van der Waals surface area contributed by atoms with Crippen molar-refractivity contribution in [1.82, 2.24) is 4.90 Å². The summed E-state index contributed by atoms with van der Waals surface area (Å²) in [6.45, 7) is 4.41. The molecule has 1 heterocycles. The lowest BCUT2D eigenvalue weighted by Crippen LogP contribution is -2.49. The number of thioether (sulfide) groups is 1. The average Bonchev–Trinajstić information content (AvgIpc) is 2.67. The number of rotatable bonds is 5. The van der Waals surface area contributed by atoms with Gasteiger partial charge in [-0.15, -0.1) is 11.8 Å². The molecule has 0 atom stereocenters. The summed E-state index contributed by atoms with van der Waals surface area (Å²) in [5, 5.41) is 11.2. The fraction of sp³-hybridized carbons (Fsp3) is 0.316. The maximum Gasteiger partial charge on any atom is 0.292 e. The molecule has 0 unspecified atom stereocenters. The van der Waals surface area contributed by atoms with E-state index in [9.17, 15) is 14.9 Å². The number of piperazine rings is 1. The van der Waals surface area contributed by atoms with Crippen molar-refractivity contribution in [3.8, 4) is 0 Å². The molecule has 1 saturated heterocycles. The van der Waals surface area contributed by atoms with Crippen LogP contribution in [0.15, 0.2) is 53.4 Å². The molecule has 136 valence electrons. The van der Waals surface area contributed by atoms with E-state index in [1.54, 1.807) is 30.0 Å². The van der Waals surface area contributed by atoms with Gasteiger partial charge in [0.2, 0.25) is 5.91 Å². The SMILES string of the molecule is Cc1ccccc1SCC(=O)N1CCN(c2ccccc2[N+](=O)[O-])CC1. The minimum Gasteiger partial charge on any atom is -0.362 e. The summed E-state index contributed by atoms with van der Waals surface area (Å²) in [4.78, 5) is 28.3. The van der Waals surface area contributed by atoms with Gasteiger partial charge in [0.05, 0.1) is 10.7 Å². The van der Waals surface area contributed by atoms with Crippen LogP contribution in [0.5, 0.6) is 0 Å². The summed E-state index contributed by atoms with van der Waals surface area (Å²) in [6, 6.07) is 14.8. The Morgan fingerprint density at radius 1 is 1.08 bits per heavy atom. The van der Waals surface area contributed by atoms with Crippen molar-refractivity contribution in [2.24, 2.45) is 0 Å². The van der Waals surface area contributed by atoms with Crippen molar-refractivity contribution in [2.45, 2.75) is 11.8 Å². The smallest absolute Gasteiger partial charge is 0.292 e. The van der Waals surface area contributed by atoms with E-state index in [1.165, 1.54) is 11.6 Å². The molecule has 0 bridgehead atoms. The van der Waals surface area contributed by atoms with Crippen LogP contribution in [0.1, 0.15) is 5.56 Å². The Hall–Kier alpha value is -2.54. The van der Waals surface area contributed by atoms with Gasteiger partial charge in [-0.2, -0.15) is 0 Å². The van der Waals surface area contributed by atoms with E-state index < -0.39 is 0 Å². The number of nitro benzene ring substituents is 1. The predicted molar refractivity (Wildman–Crippen MR) is 104 cm³/mol. The number of nitrogens with zero attached hydrogens (tertiary/aromatic N) is 3. The summed E-state index contributed by atoms with van der Waals surface area (Å²) < 4.78 is 0. The number of carbonyl (C=O) groups is 1. The summed E-state index contributed by atoms with van der Waals surface area (Å²) >= 11 is 1.56. The van der Waals surface area contributed by atoms with Crippen LogP contribution in [0.25, 0.3) is 0 Å². The second-order valence-corrected chi connectivity index (χ2v) is 7.19. The molecule has 0 N–H and O–H groups in total. The van der Waals surface area contributed by atoms with Crippen LogP contribution in [0.3, 0.4) is 0 Å². The molecule has 2 aromatic carbocycles. The van der Waals surface area contributed by atoms with Gasteiger partial charge in [-0.1, -0.05) is 30.3 Å². The molecule has 0 saturated carbocycles. The Morgan fingerprint density at radius 3 is 2.42 bits per heavy atom. The molecular weight excluding hydrogens is 350 g/mol. The van der Waals surface area contributed by atoms with Gasteiger partial charge < -0.3 is 9.80 Å². The quantitative estimate of drug-likeness (QED) is 0.458. The molecular formula is C19H21N3O3S. The van der Waals surface area contributed by atoms with Crippen LogP contribution < -0.4 is 4.90 Å². The zero-order valence-corrected chi connectivity index (χ0v) is 15.4. The molecule has 1 aliphatic rings. The van der Waals surface area contributed by atoms with E-state index in [4.69, 9.17) is 0 Å². The number of anilines is 1. The highest BCUT2D eigenvalue weighted by Crippen LogP contribution is 2.28. The maximum atomic E-state index is 12.5. The number of benzene rings is 2. The van der Waals surface area contributed by atoms with Crippen LogP contribution >= 0.6 is 11.8 Å². The third-order valence-electron chi connectivity index (χ3n) is 4.50. The van der Waals surface area contributed by atoms with E-state index in [0.29, 0.717) is 37.6 Å². The molecule has 1 fully saturated rings. The summed E-state index contributed by atoms with van der Waals surface area (Å²) in [5.74, 6) is 0.525. The molecule has 1 aliphatic heterocycles. The third kappa shape index (κ3) is 4.16. The first-order chi connectivity index (χ1) is 12.6. The highest BCUT2D eigenvalue weighted by atomic mass is 32.2. The van der Waals surface area contributed by atoms with Gasteiger partial charge >= 0.3 is 0 Å². The minimum absolute atomic E-state index is 0.112. The Balaban J connectivity index is 1.56. The normalized spacial score (nSPS) is 14.3. The third-order valence-corrected chi connectivity index (χ3v) is 5.66. The van der Waals surface area contributed by atoms with E-state index in [0.717, 1.165) is 4.90 Å². The number of para-hydroxylation sites is 2. The van der Waals surface area contributed by atoms with Gasteiger partial charge in [0.15, 0.2) is 0 Å².